The largest absolute Gasteiger partial charge is 0.454 e. The first-order chi connectivity index (χ1) is 14.7. The van der Waals surface area contributed by atoms with Crippen LogP contribution in [0.2, 0.25) is 0 Å². The molecule has 1 saturated heterocycles. The smallest absolute Gasteiger partial charge is 0.231 e. The molecule has 2 aliphatic heterocycles. The van der Waals surface area contributed by atoms with E-state index in [-0.39, 0.29) is 12.7 Å². The Balaban J connectivity index is 1.42. The van der Waals surface area contributed by atoms with E-state index in [4.69, 9.17) is 19.2 Å². The molecule has 156 valence electrons. The first kappa shape index (κ1) is 19.1. The van der Waals surface area contributed by atoms with Gasteiger partial charge in [0, 0.05) is 42.6 Å². The van der Waals surface area contributed by atoms with Crippen LogP contribution in [0.25, 0.3) is 22.0 Å². The van der Waals surface area contributed by atoms with Crippen molar-refractivity contribution >= 4 is 17.2 Å². The number of imidazole rings is 1. The molecule has 0 saturated carbocycles. The lowest BCUT2D eigenvalue weighted by atomic mass is 10.1. The van der Waals surface area contributed by atoms with E-state index < -0.39 is 0 Å². The number of benzene rings is 1. The van der Waals surface area contributed by atoms with Gasteiger partial charge in [-0.2, -0.15) is 0 Å². The van der Waals surface area contributed by atoms with Gasteiger partial charge < -0.3 is 24.1 Å². The summed E-state index contributed by atoms with van der Waals surface area (Å²) in [5.74, 6) is 2.34. The first-order valence-electron chi connectivity index (χ1n) is 9.94. The Kier molecular flexibility index (Phi) is 5.14. The van der Waals surface area contributed by atoms with E-state index in [9.17, 15) is 4.79 Å². The molecule has 0 atom stereocenters. The number of rotatable bonds is 5. The van der Waals surface area contributed by atoms with Crippen molar-refractivity contribution in [2.24, 2.45) is 0 Å². The molecule has 4 heterocycles. The van der Waals surface area contributed by atoms with E-state index in [1.807, 2.05) is 35.4 Å². The molecule has 2 aromatic heterocycles. The summed E-state index contributed by atoms with van der Waals surface area (Å²) >= 11 is 1.57. The minimum absolute atomic E-state index is 0.131. The molecule has 1 N–H and O–H groups in total. The Morgan fingerprint density at radius 1 is 1.20 bits per heavy atom. The Labute approximate surface area is 177 Å². The standard InChI is InChI=1S/C21H22N4O4S/c1-13-11-30-21(22-13)20-19(14-2-3-15-16(10-14)29-12-28-15)23-17(24-20)4-5-18(26)25-6-8-27-9-7-25/h2-3,10-11H,4-9,12H2,1H3,(H,23,24). The van der Waals surface area contributed by atoms with Gasteiger partial charge in [0.1, 0.15) is 16.5 Å². The van der Waals surface area contributed by atoms with Crippen LogP contribution in [0.3, 0.4) is 0 Å². The number of amides is 1. The number of morpholine rings is 1. The Morgan fingerprint density at radius 2 is 2.03 bits per heavy atom. The summed E-state index contributed by atoms with van der Waals surface area (Å²) in [7, 11) is 0. The number of thiazole rings is 1. The van der Waals surface area contributed by atoms with Crippen LogP contribution < -0.4 is 9.47 Å². The van der Waals surface area contributed by atoms with E-state index in [2.05, 4.69) is 9.97 Å². The van der Waals surface area contributed by atoms with Crippen molar-refractivity contribution in [2.45, 2.75) is 19.8 Å². The number of fused-ring (bicyclic) bond motifs is 1. The molecule has 3 aromatic rings. The molecule has 8 nitrogen and oxygen atoms in total. The quantitative estimate of drug-likeness (QED) is 0.675. The molecule has 0 spiro atoms. The van der Waals surface area contributed by atoms with E-state index in [0.29, 0.717) is 44.9 Å². The van der Waals surface area contributed by atoms with Crippen LogP contribution in [0.4, 0.5) is 0 Å². The third-order valence-corrected chi connectivity index (χ3v) is 6.15. The lowest BCUT2D eigenvalue weighted by Gasteiger charge is -2.26. The van der Waals surface area contributed by atoms with E-state index in [0.717, 1.165) is 39.2 Å². The summed E-state index contributed by atoms with van der Waals surface area (Å²) in [6.45, 7) is 4.72. The molecule has 0 aliphatic carbocycles. The van der Waals surface area contributed by atoms with Gasteiger partial charge in [-0.25, -0.2) is 9.97 Å². The first-order valence-corrected chi connectivity index (χ1v) is 10.8. The fraction of sp³-hybridized carbons (Fsp3) is 0.381. The second-order valence-electron chi connectivity index (χ2n) is 7.26. The zero-order valence-electron chi connectivity index (χ0n) is 16.6. The van der Waals surface area contributed by atoms with Crippen LogP contribution in [-0.4, -0.2) is 58.9 Å². The van der Waals surface area contributed by atoms with Gasteiger partial charge >= 0.3 is 0 Å². The Hall–Kier alpha value is -2.91. The zero-order valence-corrected chi connectivity index (χ0v) is 17.5. The molecular formula is C21H22N4O4S. The monoisotopic (exact) mass is 426 g/mol. The van der Waals surface area contributed by atoms with Crippen LogP contribution >= 0.6 is 11.3 Å². The van der Waals surface area contributed by atoms with Gasteiger partial charge in [0.05, 0.1) is 18.9 Å². The number of nitrogens with one attached hydrogen (secondary N) is 1. The number of H-pyrrole nitrogens is 1. The number of hydrogen-bond donors (Lipinski definition) is 1. The molecule has 2 aliphatic rings. The summed E-state index contributed by atoms with van der Waals surface area (Å²) in [5.41, 5.74) is 3.55. The minimum atomic E-state index is 0.131. The molecule has 30 heavy (non-hydrogen) atoms. The van der Waals surface area contributed by atoms with E-state index >= 15 is 0 Å². The van der Waals surface area contributed by atoms with Crippen LogP contribution in [0.15, 0.2) is 23.6 Å². The lowest BCUT2D eigenvalue weighted by molar-refractivity contribution is -0.135. The van der Waals surface area contributed by atoms with Gasteiger partial charge in [-0.15, -0.1) is 11.3 Å². The number of nitrogens with zero attached hydrogens (tertiary/aromatic N) is 3. The minimum Gasteiger partial charge on any atom is -0.454 e. The number of carbonyl (C=O) groups excluding carboxylic acids is 1. The highest BCUT2D eigenvalue weighted by molar-refractivity contribution is 7.13. The SMILES string of the molecule is Cc1csc(-c2[nH]c(CCC(=O)N3CCOCC3)nc2-c2ccc3c(c2)OCO3)n1. The second-order valence-corrected chi connectivity index (χ2v) is 8.12. The fourth-order valence-corrected chi connectivity index (χ4v) is 4.41. The summed E-state index contributed by atoms with van der Waals surface area (Å²) in [6, 6.07) is 5.80. The van der Waals surface area contributed by atoms with Crippen molar-refractivity contribution in [1.82, 2.24) is 19.9 Å². The van der Waals surface area contributed by atoms with Crippen LogP contribution in [0.1, 0.15) is 17.9 Å². The van der Waals surface area contributed by atoms with E-state index in [1.54, 1.807) is 11.3 Å². The van der Waals surface area contributed by atoms with E-state index in [1.165, 1.54) is 0 Å². The molecule has 1 fully saturated rings. The number of carbonyl (C=O) groups is 1. The van der Waals surface area contributed by atoms with Gasteiger partial charge in [-0.1, -0.05) is 0 Å². The molecule has 1 aromatic carbocycles. The Bertz CT molecular complexity index is 1070. The molecule has 0 bridgehead atoms. The molecule has 0 unspecified atom stereocenters. The predicted molar refractivity (Wildman–Crippen MR) is 112 cm³/mol. The van der Waals surface area contributed by atoms with Gasteiger partial charge in [0.2, 0.25) is 12.7 Å². The van der Waals surface area contributed by atoms with Crippen molar-refractivity contribution in [3.63, 3.8) is 0 Å². The maximum atomic E-state index is 12.5. The van der Waals surface area contributed by atoms with Crippen LogP contribution in [-0.2, 0) is 16.0 Å². The number of aromatic nitrogens is 3. The van der Waals surface area contributed by atoms with Crippen LogP contribution in [0, 0.1) is 6.92 Å². The summed E-state index contributed by atoms with van der Waals surface area (Å²) in [5, 5.41) is 2.89. The molecule has 1 amide bonds. The van der Waals surface area contributed by atoms with Crippen molar-refractivity contribution in [2.75, 3.05) is 33.1 Å². The van der Waals surface area contributed by atoms with Crippen molar-refractivity contribution in [3.8, 4) is 33.5 Å². The van der Waals surface area contributed by atoms with Crippen molar-refractivity contribution in [1.29, 1.82) is 0 Å². The second kappa shape index (κ2) is 8.08. The molecule has 5 rings (SSSR count). The number of ether oxygens (including phenoxy) is 3. The number of hydrogen-bond acceptors (Lipinski definition) is 7. The average molecular weight is 426 g/mol. The molecular weight excluding hydrogens is 404 g/mol. The van der Waals surface area contributed by atoms with Gasteiger partial charge in [0.25, 0.3) is 0 Å². The highest BCUT2D eigenvalue weighted by Gasteiger charge is 2.22. The number of aryl methyl sites for hydroxylation is 2. The van der Waals surface area contributed by atoms with Crippen molar-refractivity contribution in [3.05, 3.63) is 35.1 Å². The lowest BCUT2D eigenvalue weighted by Crippen LogP contribution is -2.40. The number of aromatic amines is 1. The highest BCUT2D eigenvalue weighted by atomic mass is 32.1. The van der Waals surface area contributed by atoms with Gasteiger partial charge in [-0.3, -0.25) is 4.79 Å². The van der Waals surface area contributed by atoms with Crippen molar-refractivity contribution < 1.29 is 19.0 Å². The molecule has 0 radical (unpaired) electrons. The maximum absolute atomic E-state index is 12.5. The van der Waals surface area contributed by atoms with Gasteiger partial charge in [0.15, 0.2) is 11.5 Å². The third kappa shape index (κ3) is 3.78. The van der Waals surface area contributed by atoms with Gasteiger partial charge in [-0.05, 0) is 25.1 Å². The Morgan fingerprint density at radius 3 is 2.83 bits per heavy atom. The average Bonchev–Trinajstić information content (AvgIpc) is 3.51. The molecule has 9 heteroatoms. The third-order valence-electron chi connectivity index (χ3n) is 5.17. The maximum Gasteiger partial charge on any atom is 0.231 e. The summed E-state index contributed by atoms with van der Waals surface area (Å²) in [6.07, 6.45) is 0.947. The normalized spacial score (nSPS) is 15.6. The van der Waals surface area contributed by atoms with Crippen LogP contribution in [0.5, 0.6) is 11.5 Å². The zero-order chi connectivity index (χ0) is 20.5. The summed E-state index contributed by atoms with van der Waals surface area (Å²) in [4.78, 5) is 27.2. The predicted octanol–water partition coefficient (Wildman–Crippen LogP) is 3.03. The topological polar surface area (TPSA) is 89.6 Å². The fourth-order valence-electron chi connectivity index (χ4n) is 3.61. The summed E-state index contributed by atoms with van der Waals surface area (Å²) < 4.78 is 16.3. The highest BCUT2D eigenvalue weighted by Crippen LogP contribution is 2.39.